The minimum absolute atomic E-state index is 0.160. The van der Waals surface area contributed by atoms with Crippen molar-refractivity contribution in [2.24, 2.45) is 5.92 Å². The lowest BCUT2D eigenvalue weighted by Crippen LogP contribution is -2.37. The van der Waals surface area contributed by atoms with E-state index in [4.69, 9.17) is 11.6 Å². The second-order valence-electron chi connectivity index (χ2n) is 9.05. The molecule has 0 aromatic heterocycles. The Kier molecular flexibility index (Phi) is 7.59. The summed E-state index contributed by atoms with van der Waals surface area (Å²) in [4.78, 5) is 14.8. The molecule has 32 heavy (non-hydrogen) atoms. The van der Waals surface area contributed by atoms with Crippen LogP contribution in [0.2, 0.25) is 5.02 Å². The molecule has 1 aliphatic carbocycles. The summed E-state index contributed by atoms with van der Waals surface area (Å²) in [7, 11) is 0. The van der Waals surface area contributed by atoms with E-state index in [1.165, 1.54) is 42.7 Å². The molecule has 6 heteroatoms. The quantitative estimate of drug-likeness (QED) is 0.555. The van der Waals surface area contributed by atoms with Crippen molar-refractivity contribution in [2.75, 3.05) is 19.6 Å². The average molecular weight is 459 g/mol. The van der Waals surface area contributed by atoms with E-state index in [9.17, 15) is 13.6 Å². The summed E-state index contributed by atoms with van der Waals surface area (Å²) in [5.41, 5.74) is 1.72. The van der Waals surface area contributed by atoms with Gasteiger partial charge in [-0.15, -0.1) is 0 Å². The first kappa shape index (κ1) is 22.9. The topological polar surface area (TPSA) is 32.3 Å². The fourth-order valence-corrected chi connectivity index (χ4v) is 5.14. The van der Waals surface area contributed by atoms with Gasteiger partial charge in [-0.2, -0.15) is 0 Å². The molecule has 1 saturated carbocycles. The van der Waals surface area contributed by atoms with Gasteiger partial charge in [0.15, 0.2) is 0 Å². The maximum atomic E-state index is 13.3. The monoisotopic (exact) mass is 458 g/mol. The van der Waals surface area contributed by atoms with E-state index in [0.717, 1.165) is 50.0 Å². The molecular formula is C26H29ClF2N2O. The van der Waals surface area contributed by atoms with Crippen LogP contribution in [0.4, 0.5) is 8.78 Å². The SMILES string of the molecule is O=C(/C=C/c1cc(F)cc(F)c1)N[C@H]1CC[C@@H](CN2CCC(c3ccc(Cl)cc3)CC2)C1. The summed E-state index contributed by atoms with van der Waals surface area (Å²) in [6, 6.07) is 11.6. The normalized spacial score (nSPS) is 22.5. The maximum Gasteiger partial charge on any atom is 0.244 e. The Morgan fingerprint density at radius 2 is 1.72 bits per heavy atom. The molecule has 2 atom stereocenters. The minimum atomic E-state index is -0.652. The van der Waals surface area contributed by atoms with Gasteiger partial charge in [0.05, 0.1) is 0 Å². The van der Waals surface area contributed by atoms with Crippen molar-refractivity contribution in [3.63, 3.8) is 0 Å². The van der Waals surface area contributed by atoms with Crippen LogP contribution in [0.1, 0.15) is 49.1 Å². The molecule has 2 aliphatic rings. The molecule has 2 fully saturated rings. The van der Waals surface area contributed by atoms with Gasteiger partial charge in [-0.05, 0) is 98.5 Å². The average Bonchev–Trinajstić information content (AvgIpc) is 3.19. The third kappa shape index (κ3) is 6.39. The number of nitrogens with zero attached hydrogens (tertiary/aromatic N) is 1. The summed E-state index contributed by atoms with van der Waals surface area (Å²) in [5, 5.41) is 3.82. The molecule has 0 unspecified atom stereocenters. The Hall–Kier alpha value is -2.24. The first-order chi connectivity index (χ1) is 15.4. The number of rotatable bonds is 6. The fraction of sp³-hybridized carbons (Fsp3) is 0.423. The van der Waals surface area contributed by atoms with Crippen molar-refractivity contribution in [3.05, 3.63) is 76.3 Å². The lowest BCUT2D eigenvalue weighted by atomic mass is 9.89. The van der Waals surface area contributed by atoms with Gasteiger partial charge in [0.1, 0.15) is 11.6 Å². The highest BCUT2D eigenvalue weighted by Gasteiger charge is 2.28. The Morgan fingerprint density at radius 1 is 1.03 bits per heavy atom. The molecule has 0 radical (unpaired) electrons. The lowest BCUT2D eigenvalue weighted by Gasteiger charge is -2.33. The van der Waals surface area contributed by atoms with Crippen LogP contribution in [-0.4, -0.2) is 36.5 Å². The van der Waals surface area contributed by atoms with E-state index in [-0.39, 0.29) is 11.9 Å². The predicted octanol–water partition coefficient (Wildman–Crippen LogP) is 5.80. The zero-order valence-electron chi connectivity index (χ0n) is 18.1. The highest BCUT2D eigenvalue weighted by Crippen LogP contribution is 2.31. The third-order valence-corrected chi connectivity index (χ3v) is 6.90. The molecule has 2 aromatic carbocycles. The molecule has 3 nitrogen and oxygen atoms in total. The van der Waals surface area contributed by atoms with E-state index >= 15 is 0 Å². The number of halogens is 3. The molecule has 2 aromatic rings. The summed E-state index contributed by atoms with van der Waals surface area (Å²) < 4.78 is 26.5. The van der Waals surface area contributed by atoms with Crippen LogP contribution >= 0.6 is 11.6 Å². The van der Waals surface area contributed by atoms with E-state index in [0.29, 0.717) is 17.4 Å². The Bertz CT molecular complexity index is 935. The first-order valence-electron chi connectivity index (χ1n) is 11.4. The number of piperidine rings is 1. The number of hydrogen-bond acceptors (Lipinski definition) is 2. The zero-order valence-corrected chi connectivity index (χ0v) is 18.8. The van der Waals surface area contributed by atoms with E-state index in [1.807, 2.05) is 12.1 Å². The number of hydrogen-bond donors (Lipinski definition) is 1. The van der Waals surface area contributed by atoms with Gasteiger partial charge in [-0.25, -0.2) is 8.78 Å². The molecular weight excluding hydrogens is 430 g/mol. The standard InChI is InChI=1S/C26H29ClF2N2O/c27-22-5-3-20(4-6-22)21-9-11-31(12-10-21)17-19-1-7-25(15-19)30-26(32)8-2-18-13-23(28)16-24(29)14-18/h2-6,8,13-14,16,19,21,25H,1,7,9-12,15,17H2,(H,30,32)/b8-2+/t19-,25+/m1/s1. The smallest absolute Gasteiger partial charge is 0.244 e. The molecule has 0 bridgehead atoms. The van der Waals surface area contributed by atoms with Crippen molar-refractivity contribution in [1.82, 2.24) is 10.2 Å². The number of carbonyl (C=O) groups excluding carboxylic acids is 1. The van der Waals surface area contributed by atoms with Crippen LogP contribution in [0.3, 0.4) is 0 Å². The van der Waals surface area contributed by atoms with Gasteiger partial charge in [0, 0.05) is 29.8 Å². The number of benzene rings is 2. The molecule has 1 aliphatic heterocycles. The van der Waals surface area contributed by atoms with Crippen molar-refractivity contribution >= 4 is 23.6 Å². The van der Waals surface area contributed by atoms with Crippen molar-refractivity contribution < 1.29 is 13.6 Å². The van der Waals surface area contributed by atoms with Crippen LogP contribution in [-0.2, 0) is 4.79 Å². The van der Waals surface area contributed by atoms with E-state index in [2.05, 4.69) is 22.3 Å². The minimum Gasteiger partial charge on any atom is -0.350 e. The molecule has 170 valence electrons. The van der Waals surface area contributed by atoms with Gasteiger partial charge in [0.2, 0.25) is 5.91 Å². The van der Waals surface area contributed by atoms with Crippen molar-refractivity contribution in [1.29, 1.82) is 0 Å². The first-order valence-corrected chi connectivity index (χ1v) is 11.7. The molecule has 1 heterocycles. The molecule has 1 N–H and O–H groups in total. The molecule has 4 rings (SSSR count). The lowest BCUT2D eigenvalue weighted by molar-refractivity contribution is -0.117. The van der Waals surface area contributed by atoms with Crippen LogP contribution < -0.4 is 5.32 Å². The Balaban J connectivity index is 1.19. The highest BCUT2D eigenvalue weighted by molar-refractivity contribution is 6.30. The maximum absolute atomic E-state index is 13.3. The van der Waals surface area contributed by atoms with Crippen LogP contribution in [0, 0.1) is 17.6 Å². The van der Waals surface area contributed by atoms with Gasteiger partial charge >= 0.3 is 0 Å². The van der Waals surface area contributed by atoms with Crippen molar-refractivity contribution in [2.45, 2.75) is 44.1 Å². The summed E-state index contributed by atoms with van der Waals surface area (Å²) in [6.07, 6.45) is 8.19. The largest absolute Gasteiger partial charge is 0.350 e. The van der Waals surface area contributed by atoms with E-state index in [1.54, 1.807) is 0 Å². The highest BCUT2D eigenvalue weighted by atomic mass is 35.5. The third-order valence-electron chi connectivity index (χ3n) is 6.65. The summed E-state index contributed by atoms with van der Waals surface area (Å²) >= 11 is 6.00. The van der Waals surface area contributed by atoms with Crippen LogP contribution in [0.5, 0.6) is 0 Å². The van der Waals surface area contributed by atoms with Crippen LogP contribution in [0.25, 0.3) is 6.08 Å². The summed E-state index contributed by atoms with van der Waals surface area (Å²) in [6.45, 7) is 3.29. The summed E-state index contributed by atoms with van der Waals surface area (Å²) in [5.74, 6) is -0.322. The predicted molar refractivity (Wildman–Crippen MR) is 125 cm³/mol. The molecule has 1 saturated heterocycles. The molecule has 0 spiro atoms. The number of nitrogens with one attached hydrogen (secondary N) is 1. The number of carbonyl (C=O) groups is 1. The fourth-order valence-electron chi connectivity index (χ4n) is 5.01. The van der Waals surface area contributed by atoms with Crippen molar-refractivity contribution in [3.8, 4) is 0 Å². The van der Waals surface area contributed by atoms with Gasteiger partial charge in [-0.1, -0.05) is 23.7 Å². The Labute approximate surface area is 193 Å². The Morgan fingerprint density at radius 3 is 2.41 bits per heavy atom. The molecule has 1 amide bonds. The number of amides is 1. The number of likely N-dealkylation sites (tertiary alicyclic amines) is 1. The van der Waals surface area contributed by atoms with Crippen LogP contribution in [0.15, 0.2) is 48.5 Å². The second kappa shape index (κ2) is 10.6. The van der Waals surface area contributed by atoms with Gasteiger partial charge < -0.3 is 10.2 Å². The van der Waals surface area contributed by atoms with E-state index < -0.39 is 11.6 Å². The van der Waals surface area contributed by atoms with Gasteiger partial charge in [0.25, 0.3) is 0 Å². The zero-order chi connectivity index (χ0) is 22.5. The second-order valence-corrected chi connectivity index (χ2v) is 9.48. The van der Waals surface area contributed by atoms with Gasteiger partial charge in [-0.3, -0.25) is 4.79 Å².